The monoisotopic (exact) mass is 203 g/mol. The van der Waals surface area contributed by atoms with E-state index in [4.69, 9.17) is 11.5 Å². The Morgan fingerprint density at radius 2 is 2.27 bits per heavy atom. The van der Waals surface area contributed by atoms with Gasteiger partial charge in [0.15, 0.2) is 5.82 Å². The first kappa shape index (κ1) is 9.20. The molecule has 2 heterocycles. The van der Waals surface area contributed by atoms with Crippen molar-refractivity contribution in [2.24, 2.45) is 5.73 Å². The van der Waals surface area contributed by atoms with Crippen molar-refractivity contribution in [1.82, 2.24) is 15.0 Å². The average molecular weight is 203 g/mol. The molecule has 76 valence electrons. The van der Waals surface area contributed by atoms with Crippen LogP contribution in [-0.4, -0.2) is 20.9 Å². The normalized spacial score (nSPS) is 10.1. The number of H-pyrrole nitrogens is 1. The zero-order chi connectivity index (χ0) is 10.8. The van der Waals surface area contributed by atoms with Gasteiger partial charge >= 0.3 is 0 Å². The van der Waals surface area contributed by atoms with Crippen molar-refractivity contribution in [3.05, 3.63) is 30.1 Å². The molecule has 2 aromatic heterocycles. The van der Waals surface area contributed by atoms with Crippen LogP contribution >= 0.6 is 0 Å². The first-order valence-electron chi connectivity index (χ1n) is 4.24. The number of hydrogen-bond acceptors (Lipinski definition) is 4. The van der Waals surface area contributed by atoms with E-state index in [1.54, 1.807) is 12.3 Å². The van der Waals surface area contributed by atoms with Crippen LogP contribution in [0.5, 0.6) is 0 Å². The van der Waals surface area contributed by atoms with Crippen molar-refractivity contribution >= 4 is 11.7 Å². The highest BCUT2D eigenvalue weighted by molar-refractivity contribution is 5.96. The minimum Gasteiger partial charge on any atom is -0.383 e. The lowest BCUT2D eigenvalue weighted by Crippen LogP contribution is -2.15. The molecule has 0 bridgehead atoms. The smallest absolute Gasteiger partial charge is 0.254 e. The second-order valence-electron chi connectivity index (χ2n) is 2.94. The van der Waals surface area contributed by atoms with Gasteiger partial charge in [-0.3, -0.25) is 4.79 Å². The second-order valence-corrected chi connectivity index (χ2v) is 2.94. The van der Waals surface area contributed by atoms with Crippen molar-refractivity contribution in [3.63, 3.8) is 0 Å². The Hall–Kier alpha value is -2.37. The number of carbonyl (C=O) groups is 1. The summed E-state index contributed by atoms with van der Waals surface area (Å²) in [6.45, 7) is 0. The molecule has 0 fully saturated rings. The molecule has 0 aliphatic heterocycles. The summed E-state index contributed by atoms with van der Waals surface area (Å²) in [5.41, 5.74) is 11.5. The van der Waals surface area contributed by atoms with Crippen molar-refractivity contribution in [2.75, 3.05) is 5.73 Å². The molecule has 0 aliphatic carbocycles. The van der Waals surface area contributed by atoms with E-state index in [0.29, 0.717) is 5.82 Å². The molecule has 0 aromatic carbocycles. The Labute approximate surface area is 85.3 Å². The minimum atomic E-state index is -0.634. The maximum absolute atomic E-state index is 10.9. The van der Waals surface area contributed by atoms with Gasteiger partial charge in [0.25, 0.3) is 5.91 Å². The number of hydrogen-bond donors (Lipinski definition) is 3. The summed E-state index contributed by atoms with van der Waals surface area (Å²) < 4.78 is 0. The Bertz CT molecular complexity index is 491. The standard InChI is InChI=1S/C9H9N5O/c10-7-5(8(11)15)4-13-9(14-7)6-2-1-3-12-6/h1-4,12H,(H2,11,15)(H2,10,13,14). The third kappa shape index (κ3) is 1.64. The van der Waals surface area contributed by atoms with E-state index in [2.05, 4.69) is 15.0 Å². The Kier molecular flexibility index (Phi) is 2.09. The SMILES string of the molecule is NC(=O)c1cnc(-c2ccc[nH]2)nc1N. The van der Waals surface area contributed by atoms with E-state index in [-0.39, 0.29) is 11.4 Å². The molecule has 2 aromatic rings. The van der Waals surface area contributed by atoms with Crippen LogP contribution in [0.3, 0.4) is 0 Å². The van der Waals surface area contributed by atoms with Crippen LogP contribution in [0.25, 0.3) is 11.5 Å². The predicted molar refractivity (Wildman–Crippen MR) is 54.7 cm³/mol. The number of nitrogens with two attached hydrogens (primary N) is 2. The summed E-state index contributed by atoms with van der Waals surface area (Å²) >= 11 is 0. The van der Waals surface area contributed by atoms with Gasteiger partial charge in [-0.2, -0.15) is 0 Å². The maximum atomic E-state index is 10.9. The lowest BCUT2D eigenvalue weighted by Gasteiger charge is -2.01. The number of nitrogens with one attached hydrogen (secondary N) is 1. The van der Waals surface area contributed by atoms with E-state index in [9.17, 15) is 4.79 Å². The highest BCUT2D eigenvalue weighted by atomic mass is 16.1. The number of nitrogens with zero attached hydrogens (tertiary/aromatic N) is 2. The molecule has 0 radical (unpaired) electrons. The third-order valence-corrected chi connectivity index (χ3v) is 1.92. The number of primary amides is 1. The van der Waals surface area contributed by atoms with Gasteiger partial charge in [-0.1, -0.05) is 0 Å². The number of nitrogen functional groups attached to an aromatic ring is 1. The van der Waals surface area contributed by atoms with Gasteiger partial charge < -0.3 is 16.5 Å². The van der Waals surface area contributed by atoms with Crippen LogP contribution in [0, 0.1) is 0 Å². The number of aromatic nitrogens is 3. The Morgan fingerprint density at radius 1 is 1.47 bits per heavy atom. The molecular formula is C9H9N5O. The molecule has 0 saturated carbocycles. The van der Waals surface area contributed by atoms with Crippen LogP contribution in [0.15, 0.2) is 24.5 Å². The minimum absolute atomic E-state index is 0.0853. The van der Waals surface area contributed by atoms with E-state index >= 15 is 0 Å². The number of amides is 1. The summed E-state index contributed by atoms with van der Waals surface area (Å²) in [7, 11) is 0. The molecule has 6 heteroatoms. The van der Waals surface area contributed by atoms with Gasteiger partial charge in [-0.05, 0) is 12.1 Å². The van der Waals surface area contributed by atoms with Crippen molar-refractivity contribution in [3.8, 4) is 11.5 Å². The highest BCUT2D eigenvalue weighted by Crippen LogP contribution is 2.14. The molecule has 2 rings (SSSR count). The molecule has 0 spiro atoms. The van der Waals surface area contributed by atoms with Gasteiger partial charge in [-0.15, -0.1) is 0 Å². The third-order valence-electron chi connectivity index (χ3n) is 1.92. The molecule has 1 amide bonds. The van der Waals surface area contributed by atoms with E-state index < -0.39 is 5.91 Å². The first-order valence-corrected chi connectivity index (χ1v) is 4.24. The van der Waals surface area contributed by atoms with Crippen LogP contribution in [-0.2, 0) is 0 Å². The number of rotatable bonds is 2. The van der Waals surface area contributed by atoms with Crippen LogP contribution in [0.1, 0.15) is 10.4 Å². The van der Waals surface area contributed by atoms with Crippen LogP contribution < -0.4 is 11.5 Å². The summed E-state index contributed by atoms with van der Waals surface area (Å²) in [5.74, 6) is -0.116. The van der Waals surface area contributed by atoms with E-state index in [1.807, 2.05) is 6.07 Å². The highest BCUT2D eigenvalue weighted by Gasteiger charge is 2.10. The van der Waals surface area contributed by atoms with Crippen molar-refractivity contribution in [2.45, 2.75) is 0 Å². The second kappa shape index (κ2) is 3.41. The van der Waals surface area contributed by atoms with Gasteiger partial charge in [0.1, 0.15) is 5.82 Å². The molecule has 0 unspecified atom stereocenters. The van der Waals surface area contributed by atoms with Gasteiger partial charge in [0.05, 0.1) is 11.3 Å². The van der Waals surface area contributed by atoms with Crippen LogP contribution in [0.4, 0.5) is 5.82 Å². The summed E-state index contributed by atoms with van der Waals surface area (Å²) in [4.78, 5) is 21.8. The predicted octanol–water partition coefficient (Wildman–Crippen LogP) is 0.153. The zero-order valence-corrected chi connectivity index (χ0v) is 7.77. The van der Waals surface area contributed by atoms with Gasteiger partial charge in [-0.25, -0.2) is 9.97 Å². The molecular weight excluding hydrogens is 194 g/mol. The van der Waals surface area contributed by atoms with Crippen molar-refractivity contribution in [1.29, 1.82) is 0 Å². The molecule has 0 aliphatic rings. The van der Waals surface area contributed by atoms with Gasteiger partial charge in [0, 0.05) is 12.4 Å². The summed E-state index contributed by atoms with van der Waals surface area (Å²) in [5, 5.41) is 0. The number of anilines is 1. The molecule has 6 nitrogen and oxygen atoms in total. The quantitative estimate of drug-likeness (QED) is 0.645. The van der Waals surface area contributed by atoms with Crippen molar-refractivity contribution < 1.29 is 4.79 Å². The molecule has 15 heavy (non-hydrogen) atoms. The largest absolute Gasteiger partial charge is 0.383 e. The lowest BCUT2D eigenvalue weighted by molar-refractivity contribution is 0.100. The molecule has 0 atom stereocenters. The molecule has 5 N–H and O–H groups in total. The fourth-order valence-electron chi connectivity index (χ4n) is 1.18. The first-order chi connectivity index (χ1) is 7.18. The van der Waals surface area contributed by atoms with Gasteiger partial charge in [0.2, 0.25) is 0 Å². The fourth-order valence-corrected chi connectivity index (χ4v) is 1.18. The Balaban J connectivity index is 2.47. The van der Waals surface area contributed by atoms with E-state index in [0.717, 1.165) is 5.69 Å². The fraction of sp³-hybridized carbons (Fsp3) is 0. The number of aromatic amines is 1. The topological polar surface area (TPSA) is 111 Å². The van der Waals surface area contributed by atoms with E-state index in [1.165, 1.54) is 6.20 Å². The summed E-state index contributed by atoms with van der Waals surface area (Å²) in [6, 6.07) is 3.62. The molecule has 0 saturated heterocycles. The summed E-state index contributed by atoms with van der Waals surface area (Å²) in [6.07, 6.45) is 3.07. The Morgan fingerprint density at radius 3 is 2.80 bits per heavy atom. The van der Waals surface area contributed by atoms with Crippen LogP contribution in [0.2, 0.25) is 0 Å². The number of carbonyl (C=O) groups excluding carboxylic acids is 1. The zero-order valence-electron chi connectivity index (χ0n) is 7.77. The average Bonchev–Trinajstić information content (AvgIpc) is 2.69. The maximum Gasteiger partial charge on any atom is 0.254 e. The lowest BCUT2D eigenvalue weighted by atomic mass is 10.3.